The molecule has 0 aliphatic carbocycles. The Morgan fingerprint density at radius 1 is 1.31 bits per heavy atom. The standard InChI is InChI=1S/C9H18N2O5/c1-5(12)6(7(13)14)10-11-8(15)16-9(2,3)4/h5-6,10,12H,1-4H3,(H,11,15)(H,13,14)/t5-,6+/m0/s1. The first kappa shape index (κ1) is 14.7. The zero-order valence-electron chi connectivity index (χ0n) is 9.77. The van der Waals surface area contributed by atoms with Crippen LogP contribution in [0, 0.1) is 0 Å². The third-order valence-corrected chi connectivity index (χ3v) is 1.48. The van der Waals surface area contributed by atoms with E-state index in [2.05, 4.69) is 5.43 Å². The highest BCUT2D eigenvalue weighted by molar-refractivity contribution is 5.75. The predicted octanol–water partition coefficient (Wildman–Crippen LogP) is -0.150. The second-order valence-corrected chi connectivity index (χ2v) is 4.33. The lowest BCUT2D eigenvalue weighted by Gasteiger charge is -2.22. The normalized spacial score (nSPS) is 15.1. The molecule has 0 saturated carbocycles. The van der Waals surface area contributed by atoms with Crippen LogP contribution in [-0.4, -0.2) is 40.0 Å². The molecule has 0 unspecified atom stereocenters. The van der Waals surface area contributed by atoms with E-state index in [-0.39, 0.29) is 0 Å². The minimum absolute atomic E-state index is 0.671. The van der Waals surface area contributed by atoms with Crippen molar-refractivity contribution in [2.75, 3.05) is 0 Å². The average Bonchev–Trinajstić information content (AvgIpc) is 1.98. The van der Waals surface area contributed by atoms with Crippen molar-refractivity contribution in [1.82, 2.24) is 10.9 Å². The van der Waals surface area contributed by atoms with E-state index in [1.54, 1.807) is 20.8 Å². The fourth-order valence-corrected chi connectivity index (χ4v) is 0.829. The van der Waals surface area contributed by atoms with Gasteiger partial charge in [0.25, 0.3) is 0 Å². The first-order valence-electron chi connectivity index (χ1n) is 4.79. The SMILES string of the molecule is C[C@H](O)[C@@H](NNC(=O)OC(C)(C)C)C(=O)O. The summed E-state index contributed by atoms with van der Waals surface area (Å²) in [4.78, 5) is 21.8. The molecule has 0 bridgehead atoms. The van der Waals surface area contributed by atoms with Gasteiger partial charge in [-0.2, -0.15) is 0 Å². The van der Waals surface area contributed by atoms with Gasteiger partial charge in [-0.1, -0.05) is 0 Å². The fraction of sp³-hybridized carbons (Fsp3) is 0.778. The van der Waals surface area contributed by atoms with Gasteiger partial charge in [-0.05, 0) is 27.7 Å². The number of carboxylic acid groups (broad SMARTS) is 1. The van der Waals surface area contributed by atoms with Crippen molar-refractivity contribution in [3.8, 4) is 0 Å². The number of aliphatic carboxylic acids is 1. The highest BCUT2D eigenvalue weighted by Crippen LogP contribution is 2.06. The molecule has 0 aromatic rings. The Labute approximate surface area is 93.8 Å². The summed E-state index contributed by atoms with van der Waals surface area (Å²) in [5.74, 6) is -1.27. The number of hydrazine groups is 1. The van der Waals surface area contributed by atoms with Gasteiger partial charge in [0.2, 0.25) is 0 Å². The first-order valence-corrected chi connectivity index (χ1v) is 4.79. The highest BCUT2D eigenvalue weighted by Gasteiger charge is 2.24. The number of aliphatic hydroxyl groups excluding tert-OH is 1. The molecule has 0 aromatic carbocycles. The van der Waals surface area contributed by atoms with Gasteiger partial charge < -0.3 is 14.9 Å². The molecule has 0 aromatic heterocycles. The summed E-state index contributed by atoms with van der Waals surface area (Å²) in [7, 11) is 0. The number of carbonyl (C=O) groups is 2. The van der Waals surface area contributed by atoms with Gasteiger partial charge >= 0.3 is 12.1 Å². The van der Waals surface area contributed by atoms with Crippen molar-refractivity contribution in [3.63, 3.8) is 0 Å². The Bertz CT molecular complexity index is 259. The quantitative estimate of drug-likeness (QED) is 0.504. The van der Waals surface area contributed by atoms with Crippen molar-refractivity contribution in [2.45, 2.75) is 45.4 Å². The van der Waals surface area contributed by atoms with Crippen LogP contribution in [0.4, 0.5) is 4.79 Å². The monoisotopic (exact) mass is 234 g/mol. The molecule has 0 heterocycles. The zero-order valence-corrected chi connectivity index (χ0v) is 9.77. The number of carbonyl (C=O) groups excluding carboxylic acids is 1. The maximum atomic E-state index is 11.1. The Morgan fingerprint density at radius 2 is 1.81 bits per heavy atom. The number of ether oxygens (including phenoxy) is 1. The molecule has 0 aliphatic rings. The Hall–Kier alpha value is -1.34. The number of aliphatic hydroxyl groups is 1. The molecule has 0 spiro atoms. The maximum absolute atomic E-state index is 11.1. The number of carboxylic acids is 1. The van der Waals surface area contributed by atoms with Crippen LogP contribution in [0.5, 0.6) is 0 Å². The van der Waals surface area contributed by atoms with Crippen LogP contribution in [0.2, 0.25) is 0 Å². The highest BCUT2D eigenvalue weighted by atomic mass is 16.6. The van der Waals surface area contributed by atoms with Gasteiger partial charge in [0, 0.05) is 0 Å². The van der Waals surface area contributed by atoms with E-state index >= 15 is 0 Å². The molecule has 94 valence electrons. The molecular weight excluding hydrogens is 216 g/mol. The third-order valence-electron chi connectivity index (χ3n) is 1.48. The number of amides is 1. The van der Waals surface area contributed by atoms with E-state index in [4.69, 9.17) is 14.9 Å². The minimum Gasteiger partial charge on any atom is -0.480 e. The van der Waals surface area contributed by atoms with Crippen LogP contribution < -0.4 is 10.9 Å². The number of nitrogens with one attached hydrogen (secondary N) is 2. The lowest BCUT2D eigenvalue weighted by Crippen LogP contribution is -2.53. The molecule has 0 rings (SSSR count). The lowest BCUT2D eigenvalue weighted by atomic mass is 10.2. The average molecular weight is 234 g/mol. The summed E-state index contributed by atoms with van der Waals surface area (Å²) in [5, 5.41) is 17.8. The van der Waals surface area contributed by atoms with Crippen LogP contribution >= 0.6 is 0 Å². The van der Waals surface area contributed by atoms with Crippen molar-refractivity contribution < 1.29 is 24.5 Å². The van der Waals surface area contributed by atoms with Gasteiger partial charge in [0.1, 0.15) is 11.6 Å². The topological polar surface area (TPSA) is 108 Å². The van der Waals surface area contributed by atoms with Crippen LogP contribution in [0.1, 0.15) is 27.7 Å². The molecule has 4 N–H and O–H groups in total. The Balaban J connectivity index is 4.12. The van der Waals surface area contributed by atoms with Crippen LogP contribution in [-0.2, 0) is 9.53 Å². The van der Waals surface area contributed by atoms with Crippen molar-refractivity contribution in [2.24, 2.45) is 0 Å². The number of hydrogen-bond donors (Lipinski definition) is 4. The molecule has 1 amide bonds. The Kier molecular flexibility index (Phi) is 5.19. The molecule has 16 heavy (non-hydrogen) atoms. The van der Waals surface area contributed by atoms with Crippen molar-refractivity contribution in [3.05, 3.63) is 0 Å². The first-order chi connectivity index (χ1) is 7.13. The van der Waals surface area contributed by atoms with Crippen molar-refractivity contribution >= 4 is 12.1 Å². The van der Waals surface area contributed by atoms with E-state index in [1.807, 2.05) is 5.43 Å². The summed E-state index contributed by atoms with van der Waals surface area (Å²) in [5.41, 5.74) is 3.55. The van der Waals surface area contributed by atoms with Crippen LogP contribution in [0.25, 0.3) is 0 Å². The molecule has 0 aliphatic heterocycles. The van der Waals surface area contributed by atoms with Gasteiger partial charge in [0.05, 0.1) is 6.10 Å². The molecule has 7 heteroatoms. The molecular formula is C9H18N2O5. The van der Waals surface area contributed by atoms with Gasteiger partial charge in [0.15, 0.2) is 0 Å². The van der Waals surface area contributed by atoms with E-state index in [0.717, 1.165) is 0 Å². The van der Waals surface area contributed by atoms with E-state index < -0.39 is 29.8 Å². The molecule has 0 fully saturated rings. The maximum Gasteiger partial charge on any atom is 0.422 e. The van der Waals surface area contributed by atoms with Gasteiger partial charge in [-0.15, -0.1) is 0 Å². The number of rotatable bonds is 4. The Morgan fingerprint density at radius 3 is 2.12 bits per heavy atom. The lowest BCUT2D eigenvalue weighted by molar-refractivity contribution is -0.142. The number of hydrogen-bond acceptors (Lipinski definition) is 5. The molecule has 0 radical (unpaired) electrons. The van der Waals surface area contributed by atoms with Crippen LogP contribution in [0.3, 0.4) is 0 Å². The molecule has 7 nitrogen and oxygen atoms in total. The minimum atomic E-state index is -1.28. The van der Waals surface area contributed by atoms with Gasteiger partial charge in [-0.3, -0.25) is 10.2 Å². The second kappa shape index (κ2) is 5.66. The van der Waals surface area contributed by atoms with E-state index in [0.29, 0.717) is 0 Å². The summed E-state index contributed by atoms with van der Waals surface area (Å²) in [6, 6.07) is -1.28. The third kappa shape index (κ3) is 6.20. The zero-order chi connectivity index (χ0) is 12.9. The smallest absolute Gasteiger partial charge is 0.422 e. The fourth-order valence-electron chi connectivity index (χ4n) is 0.829. The summed E-state index contributed by atoms with van der Waals surface area (Å²) in [6.45, 7) is 6.32. The predicted molar refractivity (Wildman–Crippen MR) is 55.6 cm³/mol. The van der Waals surface area contributed by atoms with Gasteiger partial charge in [-0.25, -0.2) is 10.2 Å². The summed E-state index contributed by atoms with van der Waals surface area (Å²) >= 11 is 0. The summed E-state index contributed by atoms with van der Waals surface area (Å²) < 4.78 is 4.86. The summed E-state index contributed by atoms with van der Waals surface area (Å²) in [6.07, 6.45) is -1.95. The van der Waals surface area contributed by atoms with E-state index in [9.17, 15) is 9.59 Å². The molecule has 0 saturated heterocycles. The van der Waals surface area contributed by atoms with E-state index in [1.165, 1.54) is 6.92 Å². The van der Waals surface area contributed by atoms with Crippen molar-refractivity contribution in [1.29, 1.82) is 0 Å². The molecule has 2 atom stereocenters. The van der Waals surface area contributed by atoms with Crippen LogP contribution in [0.15, 0.2) is 0 Å². The second-order valence-electron chi connectivity index (χ2n) is 4.33. The largest absolute Gasteiger partial charge is 0.480 e.